The van der Waals surface area contributed by atoms with Crippen LogP contribution in [0.2, 0.25) is 0 Å². The summed E-state index contributed by atoms with van der Waals surface area (Å²) in [5.41, 5.74) is 9.86. The summed E-state index contributed by atoms with van der Waals surface area (Å²) in [5.74, 6) is 1.37. The van der Waals surface area contributed by atoms with Crippen LogP contribution in [0.3, 0.4) is 0 Å². The van der Waals surface area contributed by atoms with Crippen molar-refractivity contribution in [3.63, 3.8) is 0 Å². The Kier molecular flexibility index (Phi) is 4.74. The fourth-order valence-electron chi connectivity index (χ4n) is 3.88. The van der Waals surface area contributed by atoms with Crippen molar-refractivity contribution < 1.29 is 9.53 Å². The second-order valence-electron chi connectivity index (χ2n) is 7.49. The highest BCUT2D eigenvalue weighted by Crippen LogP contribution is 2.34. The third kappa shape index (κ3) is 3.46. The van der Waals surface area contributed by atoms with Crippen molar-refractivity contribution >= 4 is 17.4 Å². The lowest BCUT2D eigenvalue weighted by molar-refractivity contribution is 0.100. The Hall–Kier alpha value is -3.94. The van der Waals surface area contributed by atoms with E-state index in [9.17, 15) is 4.79 Å². The van der Waals surface area contributed by atoms with Gasteiger partial charge in [0.25, 0.3) is 5.91 Å². The minimum Gasteiger partial charge on any atom is -0.488 e. The number of carbonyl (C=O) groups is 1. The van der Waals surface area contributed by atoms with E-state index in [0.717, 1.165) is 35.5 Å². The molecule has 0 saturated heterocycles. The van der Waals surface area contributed by atoms with Gasteiger partial charge in [-0.1, -0.05) is 30.3 Å². The minimum absolute atomic E-state index is 0.362. The molecule has 1 aliphatic rings. The maximum absolute atomic E-state index is 11.8. The number of rotatable bonds is 5. The molecule has 31 heavy (non-hydrogen) atoms. The number of nitrogens with zero attached hydrogens (tertiary/aromatic N) is 4. The number of aromatic nitrogens is 4. The first-order valence-corrected chi connectivity index (χ1v) is 10.2. The molecule has 3 aromatic heterocycles. The van der Waals surface area contributed by atoms with E-state index in [4.69, 9.17) is 20.4 Å². The van der Waals surface area contributed by atoms with Crippen molar-refractivity contribution in [2.45, 2.75) is 26.3 Å². The molecule has 0 fully saturated rings. The van der Waals surface area contributed by atoms with E-state index in [1.165, 1.54) is 0 Å². The molecule has 1 aromatic carbocycles. The molecule has 0 atom stereocenters. The van der Waals surface area contributed by atoms with Gasteiger partial charge in [-0.25, -0.2) is 15.0 Å². The number of fused-ring (bicyclic) bond motifs is 2. The van der Waals surface area contributed by atoms with Crippen LogP contribution in [-0.2, 0) is 13.0 Å². The lowest BCUT2D eigenvalue weighted by Crippen LogP contribution is -2.15. The van der Waals surface area contributed by atoms with Crippen LogP contribution in [-0.4, -0.2) is 31.9 Å². The number of pyridine rings is 1. The fraction of sp³-hybridized carbons (Fsp3) is 0.217. The van der Waals surface area contributed by atoms with Gasteiger partial charge in [-0.15, -0.1) is 0 Å². The molecule has 5 rings (SSSR count). The third-order valence-electron chi connectivity index (χ3n) is 5.34. The Balaban J connectivity index is 1.62. The van der Waals surface area contributed by atoms with E-state index in [2.05, 4.69) is 22.4 Å². The average molecular weight is 414 g/mol. The summed E-state index contributed by atoms with van der Waals surface area (Å²) in [4.78, 5) is 26.0. The largest absolute Gasteiger partial charge is 0.488 e. The Bertz CT molecular complexity index is 1280. The summed E-state index contributed by atoms with van der Waals surface area (Å²) in [6.07, 6.45) is 3.56. The first-order valence-electron chi connectivity index (χ1n) is 10.2. The highest BCUT2D eigenvalue weighted by molar-refractivity contribution is 5.99. The fourth-order valence-corrected chi connectivity index (χ4v) is 3.88. The van der Waals surface area contributed by atoms with E-state index in [0.29, 0.717) is 41.8 Å². The van der Waals surface area contributed by atoms with Crippen LogP contribution in [0.1, 0.15) is 33.7 Å². The van der Waals surface area contributed by atoms with Crippen molar-refractivity contribution in [1.82, 2.24) is 19.4 Å². The normalized spacial score (nSPS) is 12.9. The van der Waals surface area contributed by atoms with Gasteiger partial charge in [0.05, 0.1) is 23.6 Å². The van der Waals surface area contributed by atoms with E-state index in [-0.39, 0.29) is 0 Å². The van der Waals surface area contributed by atoms with Crippen molar-refractivity contribution in [3.8, 4) is 17.3 Å². The first kappa shape index (κ1) is 19.0. The molecule has 8 nitrogen and oxygen atoms in total. The van der Waals surface area contributed by atoms with E-state index in [1.54, 1.807) is 12.1 Å². The van der Waals surface area contributed by atoms with Crippen LogP contribution in [0.15, 0.2) is 48.7 Å². The summed E-state index contributed by atoms with van der Waals surface area (Å²) >= 11 is 0. The molecule has 0 bridgehead atoms. The zero-order chi connectivity index (χ0) is 21.4. The van der Waals surface area contributed by atoms with Crippen LogP contribution in [0.25, 0.3) is 17.2 Å². The van der Waals surface area contributed by atoms with E-state index < -0.39 is 5.91 Å². The van der Waals surface area contributed by atoms with Crippen LogP contribution in [0.4, 0.5) is 5.82 Å². The van der Waals surface area contributed by atoms with Crippen LogP contribution in [0, 0.1) is 6.92 Å². The predicted molar refractivity (Wildman–Crippen MR) is 117 cm³/mol. The number of ether oxygens (including phenoxy) is 1. The first-order chi connectivity index (χ1) is 15.1. The summed E-state index contributed by atoms with van der Waals surface area (Å²) in [5, 5.41) is 3.41. The number of imidazole rings is 1. The molecule has 1 aliphatic heterocycles. The predicted octanol–water partition coefficient (Wildman–Crippen LogP) is 3.14. The smallest absolute Gasteiger partial charge is 0.252 e. The van der Waals surface area contributed by atoms with Gasteiger partial charge < -0.3 is 15.8 Å². The second-order valence-corrected chi connectivity index (χ2v) is 7.49. The van der Waals surface area contributed by atoms with E-state index in [1.807, 2.05) is 35.7 Å². The molecule has 0 aliphatic carbocycles. The molecule has 0 spiro atoms. The number of anilines is 1. The molecule has 0 radical (unpaired) electrons. The van der Waals surface area contributed by atoms with Gasteiger partial charge in [-0.2, -0.15) is 0 Å². The van der Waals surface area contributed by atoms with Crippen molar-refractivity contribution in [1.29, 1.82) is 0 Å². The van der Waals surface area contributed by atoms with Gasteiger partial charge in [0.2, 0.25) is 0 Å². The molecule has 0 unspecified atom stereocenters. The van der Waals surface area contributed by atoms with Gasteiger partial charge in [-0.3, -0.25) is 9.20 Å². The van der Waals surface area contributed by atoms with Gasteiger partial charge in [0, 0.05) is 12.7 Å². The summed E-state index contributed by atoms with van der Waals surface area (Å²) in [6.45, 7) is 3.14. The average Bonchev–Trinajstić information content (AvgIpc) is 3.13. The molecule has 0 saturated carbocycles. The molecule has 156 valence electrons. The molecular weight excluding hydrogens is 392 g/mol. The molecule has 8 heteroatoms. The van der Waals surface area contributed by atoms with Crippen molar-refractivity contribution in [3.05, 3.63) is 71.2 Å². The molecule has 4 aromatic rings. The Morgan fingerprint density at radius 3 is 2.81 bits per heavy atom. The molecular formula is C23H22N6O2. The van der Waals surface area contributed by atoms with Gasteiger partial charge in [-0.05, 0) is 37.5 Å². The zero-order valence-corrected chi connectivity index (χ0v) is 17.1. The SMILES string of the molecule is Cc1nc2c(C(N)=O)cccn2c1-c1nc2c(c(NCc3ccccc3)n1)OCCC2. The van der Waals surface area contributed by atoms with E-state index >= 15 is 0 Å². The quantitative estimate of drug-likeness (QED) is 0.520. The number of benzene rings is 1. The lowest BCUT2D eigenvalue weighted by Gasteiger charge is -2.20. The Morgan fingerprint density at radius 2 is 2.00 bits per heavy atom. The standard InChI is InChI=1S/C23H22N6O2/c1-14-18(29-11-5-9-16(20(24)30)23(29)26-14)21-27-17-10-6-12-31-19(17)22(28-21)25-13-15-7-3-2-4-8-15/h2-5,7-9,11H,6,10,12-13H2,1H3,(H2,24,30)(H,25,27,28). The van der Waals surface area contributed by atoms with Crippen molar-refractivity contribution in [2.75, 3.05) is 11.9 Å². The lowest BCUT2D eigenvalue weighted by atomic mass is 10.1. The van der Waals surface area contributed by atoms with Crippen molar-refractivity contribution in [2.24, 2.45) is 5.73 Å². The highest BCUT2D eigenvalue weighted by atomic mass is 16.5. The summed E-state index contributed by atoms with van der Waals surface area (Å²) in [6, 6.07) is 13.6. The number of aryl methyl sites for hydroxylation is 2. The monoisotopic (exact) mass is 414 g/mol. The number of hydrogen-bond donors (Lipinski definition) is 2. The van der Waals surface area contributed by atoms with Crippen LogP contribution in [0.5, 0.6) is 5.75 Å². The number of primary amides is 1. The van der Waals surface area contributed by atoms with Gasteiger partial charge >= 0.3 is 0 Å². The third-order valence-corrected chi connectivity index (χ3v) is 5.34. The number of nitrogens with two attached hydrogens (primary N) is 1. The number of hydrogen-bond acceptors (Lipinski definition) is 6. The molecule has 3 N–H and O–H groups in total. The van der Waals surface area contributed by atoms with Gasteiger partial charge in [0.15, 0.2) is 17.4 Å². The number of nitrogens with one attached hydrogen (secondary N) is 1. The molecule has 4 heterocycles. The molecule has 1 amide bonds. The maximum Gasteiger partial charge on any atom is 0.252 e. The van der Waals surface area contributed by atoms with Crippen LogP contribution >= 0.6 is 0 Å². The number of carbonyl (C=O) groups excluding carboxylic acids is 1. The topological polar surface area (TPSA) is 107 Å². The van der Waals surface area contributed by atoms with Crippen LogP contribution < -0.4 is 15.8 Å². The van der Waals surface area contributed by atoms with Gasteiger partial charge in [0.1, 0.15) is 11.3 Å². The Labute approximate surface area is 179 Å². The number of amides is 1. The zero-order valence-electron chi connectivity index (χ0n) is 17.1. The minimum atomic E-state index is -0.521. The summed E-state index contributed by atoms with van der Waals surface area (Å²) in [7, 11) is 0. The Morgan fingerprint density at radius 1 is 1.16 bits per heavy atom. The summed E-state index contributed by atoms with van der Waals surface area (Å²) < 4.78 is 7.73. The highest BCUT2D eigenvalue weighted by Gasteiger charge is 2.23. The second kappa shape index (κ2) is 7.71. The maximum atomic E-state index is 11.8.